The fourth-order valence-corrected chi connectivity index (χ4v) is 0.905. The van der Waals surface area contributed by atoms with E-state index in [2.05, 4.69) is 0 Å². The van der Waals surface area contributed by atoms with E-state index < -0.39 is 0 Å². The molecule has 0 heterocycles. The average Bonchev–Trinajstić information content (AvgIpc) is 2.40. The molecule has 0 aromatic heterocycles. The highest BCUT2D eigenvalue weighted by molar-refractivity contribution is 5.69. The molecule has 0 fully saturated rings. The molecule has 11 heavy (non-hydrogen) atoms. The molecule has 0 unspecified atom stereocenters. The van der Waals surface area contributed by atoms with Crippen molar-refractivity contribution in [2.24, 2.45) is 0 Å². The van der Waals surface area contributed by atoms with Crippen molar-refractivity contribution in [3.05, 3.63) is 24.3 Å². The Hall–Kier alpha value is -1.05. The van der Waals surface area contributed by atoms with Gasteiger partial charge in [-0.05, 0) is 18.6 Å². The number of hydrogen-bond acceptors (Lipinski definition) is 2. The van der Waals surface area contributed by atoms with Crippen LogP contribution in [0.1, 0.15) is 19.8 Å². The number of ether oxygens (including phenoxy) is 1. The molecule has 0 spiro atoms. The Kier molecular flexibility index (Phi) is 2.90. The minimum atomic E-state index is -0.117. The van der Waals surface area contributed by atoms with Gasteiger partial charge in [-0.15, -0.1) is 0 Å². The normalized spacial score (nSPS) is 15.7. The zero-order valence-corrected chi connectivity index (χ0v) is 6.62. The van der Waals surface area contributed by atoms with Gasteiger partial charge >= 0.3 is 5.97 Å². The molecule has 2 heteroatoms. The Bertz CT molecular complexity index is 180. The fourth-order valence-electron chi connectivity index (χ4n) is 0.905. The van der Waals surface area contributed by atoms with E-state index >= 15 is 0 Å². The quantitative estimate of drug-likeness (QED) is 0.576. The van der Waals surface area contributed by atoms with Gasteiger partial charge in [-0.3, -0.25) is 4.79 Å². The molecule has 1 aliphatic rings. The zero-order valence-electron chi connectivity index (χ0n) is 6.62. The van der Waals surface area contributed by atoms with Crippen LogP contribution in [0.3, 0.4) is 0 Å². The van der Waals surface area contributed by atoms with Gasteiger partial charge in [0.15, 0.2) is 0 Å². The van der Waals surface area contributed by atoms with Gasteiger partial charge in [-0.2, -0.15) is 0 Å². The lowest BCUT2D eigenvalue weighted by Crippen LogP contribution is -2.11. The molecular formula is C9H12O2. The van der Waals surface area contributed by atoms with Crippen molar-refractivity contribution in [3.8, 4) is 0 Å². The Labute approximate surface area is 66.5 Å². The first-order valence-electron chi connectivity index (χ1n) is 3.87. The lowest BCUT2D eigenvalue weighted by atomic mass is 10.3. The molecule has 0 aromatic rings. The molecule has 0 saturated heterocycles. The van der Waals surface area contributed by atoms with E-state index in [4.69, 9.17) is 4.74 Å². The number of esters is 1. The highest BCUT2D eigenvalue weighted by Crippen LogP contribution is 2.06. The van der Waals surface area contributed by atoms with Crippen molar-refractivity contribution in [3.63, 3.8) is 0 Å². The largest absolute Gasteiger partial charge is 0.454 e. The first kappa shape index (κ1) is 8.05. The zero-order chi connectivity index (χ0) is 8.10. The summed E-state index contributed by atoms with van der Waals surface area (Å²) in [6.07, 6.45) is 8.71. The number of carbonyl (C=O) groups excluding carboxylic acids is 1. The van der Waals surface area contributed by atoms with Crippen molar-refractivity contribution >= 4 is 5.97 Å². The predicted octanol–water partition coefficient (Wildman–Crippen LogP) is 1.82. The van der Waals surface area contributed by atoms with Gasteiger partial charge in [0.1, 0.15) is 6.10 Å². The molecule has 0 atom stereocenters. The highest BCUT2D eigenvalue weighted by atomic mass is 16.5. The van der Waals surface area contributed by atoms with Crippen molar-refractivity contribution < 1.29 is 9.53 Å². The van der Waals surface area contributed by atoms with Gasteiger partial charge in [-0.1, -0.05) is 19.1 Å². The SMILES string of the molecule is CCCC(=O)OC1C=CC=C1. The second-order valence-corrected chi connectivity index (χ2v) is 2.47. The summed E-state index contributed by atoms with van der Waals surface area (Å²) < 4.78 is 5.04. The maximum Gasteiger partial charge on any atom is 0.306 e. The first-order valence-corrected chi connectivity index (χ1v) is 3.87. The lowest BCUT2D eigenvalue weighted by Gasteiger charge is -2.06. The summed E-state index contributed by atoms with van der Waals surface area (Å²) in [7, 11) is 0. The molecule has 0 saturated carbocycles. The summed E-state index contributed by atoms with van der Waals surface area (Å²) in [6, 6.07) is 0. The fraction of sp³-hybridized carbons (Fsp3) is 0.444. The van der Waals surface area contributed by atoms with Crippen LogP contribution < -0.4 is 0 Å². The van der Waals surface area contributed by atoms with Gasteiger partial charge in [-0.25, -0.2) is 0 Å². The number of allylic oxidation sites excluding steroid dienone is 2. The average molecular weight is 152 g/mol. The number of carbonyl (C=O) groups is 1. The summed E-state index contributed by atoms with van der Waals surface area (Å²) in [5, 5.41) is 0. The van der Waals surface area contributed by atoms with E-state index in [1.165, 1.54) is 0 Å². The van der Waals surface area contributed by atoms with E-state index in [1.807, 2.05) is 31.2 Å². The Morgan fingerprint density at radius 3 is 2.64 bits per heavy atom. The molecule has 60 valence electrons. The smallest absolute Gasteiger partial charge is 0.306 e. The molecule has 0 aromatic carbocycles. The van der Waals surface area contributed by atoms with Crippen molar-refractivity contribution in [2.45, 2.75) is 25.9 Å². The van der Waals surface area contributed by atoms with Crippen LogP contribution >= 0.6 is 0 Å². The van der Waals surface area contributed by atoms with Gasteiger partial charge in [0.25, 0.3) is 0 Å². The van der Waals surface area contributed by atoms with Gasteiger partial charge < -0.3 is 4.74 Å². The van der Waals surface area contributed by atoms with E-state index in [-0.39, 0.29) is 12.1 Å². The molecule has 0 aliphatic heterocycles. The van der Waals surface area contributed by atoms with Gasteiger partial charge in [0.2, 0.25) is 0 Å². The summed E-state index contributed by atoms with van der Waals surface area (Å²) in [6.45, 7) is 1.96. The van der Waals surface area contributed by atoms with E-state index in [0.717, 1.165) is 6.42 Å². The van der Waals surface area contributed by atoms with Crippen LogP contribution in [0.25, 0.3) is 0 Å². The van der Waals surface area contributed by atoms with Crippen LogP contribution in [-0.4, -0.2) is 12.1 Å². The molecule has 2 nitrogen and oxygen atoms in total. The van der Waals surface area contributed by atoms with E-state index in [1.54, 1.807) is 0 Å². The lowest BCUT2D eigenvalue weighted by molar-refractivity contribution is -0.145. The van der Waals surface area contributed by atoms with E-state index in [0.29, 0.717) is 6.42 Å². The Morgan fingerprint density at radius 1 is 1.45 bits per heavy atom. The monoisotopic (exact) mass is 152 g/mol. The van der Waals surface area contributed by atoms with Crippen LogP contribution in [0.2, 0.25) is 0 Å². The minimum absolute atomic E-state index is 0.117. The second-order valence-electron chi connectivity index (χ2n) is 2.47. The summed E-state index contributed by atoms with van der Waals surface area (Å²) in [4.78, 5) is 10.9. The summed E-state index contributed by atoms with van der Waals surface area (Å²) in [5.41, 5.74) is 0. The molecule has 0 amide bonds. The van der Waals surface area contributed by atoms with Crippen LogP contribution in [0, 0.1) is 0 Å². The third kappa shape index (κ3) is 2.58. The van der Waals surface area contributed by atoms with Crippen LogP contribution in [0.5, 0.6) is 0 Å². The maximum atomic E-state index is 10.9. The Morgan fingerprint density at radius 2 is 2.09 bits per heavy atom. The predicted molar refractivity (Wildman–Crippen MR) is 43.1 cm³/mol. The van der Waals surface area contributed by atoms with Crippen molar-refractivity contribution in [1.82, 2.24) is 0 Å². The third-order valence-electron chi connectivity index (χ3n) is 1.43. The Balaban J connectivity index is 2.25. The summed E-state index contributed by atoms with van der Waals surface area (Å²) in [5.74, 6) is -0.117. The number of hydrogen-bond donors (Lipinski definition) is 0. The molecule has 0 bridgehead atoms. The van der Waals surface area contributed by atoms with E-state index in [9.17, 15) is 4.79 Å². The minimum Gasteiger partial charge on any atom is -0.454 e. The number of rotatable bonds is 3. The molecule has 0 radical (unpaired) electrons. The molecular weight excluding hydrogens is 140 g/mol. The van der Waals surface area contributed by atoms with Gasteiger partial charge in [0, 0.05) is 6.42 Å². The van der Waals surface area contributed by atoms with Crippen LogP contribution in [0.15, 0.2) is 24.3 Å². The maximum absolute atomic E-state index is 10.9. The topological polar surface area (TPSA) is 26.3 Å². The third-order valence-corrected chi connectivity index (χ3v) is 1.43. The highest BCUT2D eigenvalue weighted by Gasteiger charge is 2.08. The molecule has 1 rings (SSSR count). The molecule has 0 N–H and O–H groups in total. The molecule has 1 aliphatic carbocycles. The summed E-state index contributed by atoms with van der Waals surface area (Å²) >= 11 is 0. The van der Waals surface area contributed by atoms with Crippen LogP contribution in [0.4, 0.5) is 0 Å². The first-order chi connectivity index (χ1) is 5.33. The van der Waals surface area contributed by atoms with Gasteiger partial charge in [0.05, 0.1) is 0 Å². The van der Waals surface area contributed by atoms with Crippen molar-refractivity contribution in [2.75, 3.05) is 0 Å². The van der Waals surface area contributed by atoms with Crippen LogP contribution in [-0.2, 0) is 9.53 Å². The standard InChI is InChI=1S/C9H12O2/c1-2-5-9(10)11-8-6-3-4-7-8/h3-4,6-8H,2,5H2,1H3. The van der Waals surface area contributed by atoms with Crippen molar-refractivity contribution in [1.29, 1.82) is 0 Å². The second kappa shape index (κ2) is 3.96.